The Morgan fingerprint density at radius 3 is 2.68 bits per heavy atom. The van der Waals surface area contributed by atoms with Crippen LogP contribution in [0.3, 0.4) is 0 Å². The molecule has 1 aromatic rings. The second kappa shape index (κ2) is 6.48. The number of aliphatic hydroxyl groups is 1. The molecular formula is C17H22N2O3. The number of nitrogens with one attached hydrogen (secondary N) is 1. The minimum atomic E-state index is -0.613. The molecule has 1 aromatic carbocycles. The van der Waals surface area contributed by atoms with Crippen molar-refractivity contribution in [2.75, 3.05) is 13.2 Å². The van der Waals surface area contributed by atoms with Crippen LogP contribution >= 0.6 is 0 Å². The maximum atomic E-state index is 12.7. The lowest BCUT2D eigenvalue weighted by Gasteiger charge is -2.28. The van der Waals surface area contributed by atoms with Gasteiger partial charge in [0.15, 0.2) is 0 Å². The van der Waals surface area contributed by atoms with Gasteiger partial charge in [-0.3, -0.25) is 9.59 Å². The second-order valence-electron chi connectivity index (χ2n) is 6.06. The zero-order valence-electron chi connectivity index (χ0n) is 12.6. The van der Waals surface area contributed by atoms with Crippen LogP contribution in [0.1, 0.15) is 54.1 Å². The summed E-state index contributed by atoms with van der Waals surface area (Å²) in [5.41, 5.74) is 1.31. The summed E-state index contributed by atoms with van der Waals surface area (Å²) in [6.07, 6.45) is 5.53. The van der Waals surface area contributed by atoms with Crippen molar-refractivity contribution in [3.8, 4) is 0 Å². The fourth-order valence-corrected chi connectivity index (χ4v) is 3.52. The molecule has 2 N–H and O–H groups in total. The first-order chi connectivity index (χ1) is 10.7. The lowest BCUT2D eigenvalue weighted by Crippen LogP contribution is -2.44. The van der Waals surface area contributed by atoms with Gasteiger partial charge in [0.1, 0.15) is 6.04 Å². The molecule has 118 valence electrons. The van der Waals surface area contributed by atoms with Crippen LogP contribution in [0.15, 0.2) is 24.3 Å². The number of carbonyl (C=O) groups excluding carboxylic acids is 2. The monoisotopic (exact) mass is 302 g/mol. The molecular weight excluding hydrogens is 280 g/mol. The van der Waals surface area contributed by atoms with E-state index in [-0.39, 0.29) is 31.0 Å². The Morgan fingerprint density at radius 1 is 1.23 bits per heavy atom. The van der Waals surface area contributed by atoms with Crippen LogP contribution in [0.25, 0.3) is 0 Å². The maximum Gasteiger partial charge on any atom is 0.255 e. The first-order valence-electron chi connectivity index (χ1n) is 8.03. The number of aliphatic hydroxyl groups excluding tert-OH is 1. The van der Waals surface area contributed by atoms with E-state index in [1.807, 2.05) is 12.1 Å². The van der Waals surface area contributed by atoms with E-state index in [9.17, 15) is 14.7 Å². The Hall–Kier alpha value is -1.88. The molecule has 0 radical (unpaired) electrons. The van der Waals surface area contributed by atoms with Crippen molar-refractivity contribution in [3.05, 3.63) is 35.4 Å². The number of hydrogen-bond donors (Lipinski definition) is 2. The zero-order chi connectivity index (χ0) is 15.5. The van der Waals surface area contributed by atoms with E-state index in [0.717, 1.165) is 31.2 Å². The SMILES string of the molecule is O=C(NC1CCCCC1)C1c2ccccc2C(=O)N1CCO. The average Bonchev–Trinajstić information content (AvgIpc) is 2.82. The van der Waals surface area contributed by atoms with E-state index in [4.69, 9.17) is 0 Å². The fourth-order valence-electron chi connectivity index (χ4n) is 3.52. The van der Waals surface area contributed by atoms with Crippen molar-refractivity contribution < 1.29 is 14.7 Å². The molecule has 2 aliphatic rings. The normalized spacial score (nSPS) is 21.8. The van der Waals surface area contributed by atoms with Gasteiger partial charge in [-0.1, -0.05) is 37.5 Å². The minimum Gasteiger partial charge on any atom is -0.395 e. The molecule has 1 fully saturated rings. The third-order valence-electron chi connectivity index (χ3n) is 4.60. The zero-order valence-corrected chi connectivity index (χ0v) is 12.6. The number of nitrogens with zero attached hydrogens (tertiary/aromatic N) is 1. The van der Waals surface area contributed by atoms with Gasteiger partial charge in [-0.05, 0) is 24.5 Å². The molecule has 22 heavy (non-hydrogen) atoms. The maximum absolute atomic E-state index is 12.7. The standard InChI is InChI=1S/C17H22N2O3/c20-11-10-19-15(13-8-4-5-9-14(13)17(19)22)16(21)18-12-6-2-1-3-7-12/h4-5,8-9,12,15,20H,1-3,6-7,10-11H2,(H,18,21). The van der Waals surface area contributed by atoms with Gasteiger partial charge in [-0.2, -0.15) is 0 Å². The van der Waals surface area contributed by atoms with Gasteiger partial charge >= 0.3 is 0 Å². The van der Waals surface area contributed by atoms with Gasteiger partial charge in [0, 0.05) is 18.2 Å². The van der Waals surface area contributed by atoms with E-state index in [0.29, 0.717) is 5.56 Å². The molecule has 0 saturated heterocycles. The molecule has 2 amide bonds. The number of carbonyl (C=O) groups is 2. The van der Waals surface area contributed by atoms with Gasteiger partial charge in [0.25, 0.3) is 5.91 Å². The number of rotatable bonds is 4. The fraction of sp³-hybridized carbons (Fsp3) is 0.529. The summed E-state index contributed by atoms with van der Waals surface area (Å²) in [6, 6.07) is 6.81. The van der Waals surface area contributed by atoms with Crippen LogP contribution in [0.2, 0.25) is 0 Å². The highest BCUT2D eigenvalue weighted by Gasteiger charge is 2.40. The quantitative estimate of drug-likeness (QED) is 0.888. The van der Waals surface area contributed by atoms with E-state index in [1.54, 1.807) is 12.1 Å². The highest BCUT2D eigenvalue weighted by atomic mass is 16.3. The van der Waals surface area contributed by atoms with Crippen LogP contribution in [0.4, 0.5) is 0 Å². The molecule has 1 atom stereocenters. The Kier molecular flexibility index (Phi) is 4.43. The molecule has 1 saturated carbocycles. The van der Waals surface area contributed by atoms with Crippen molar-refractivity contribution in [2.45, 2.75) is 44.2 Å². The summed E-state index contributed by atoms with van der Waals surface area (Å²) in [4.78, 5) is 26.6. The van der Waals surface area contributed by atoms with Gasteiger partial charge in [0.05, 0.1) is 6.61 Å². The molecule has 0 bridgehead atoms. The van der Waals surface area contributed by atoms with Crippen LogP contribution < -0.4 is 5.32 Å². The van der Waals surface area contributed by atoms with Crippen LogP contribution in [-0.2, 0) is 4.79 Å². The topological polar surface area (TPSA) is 69.6 Å². The molecule has 1 unspecified atom stereocenters. The Balaban J connectivity index is 1.82. The summed E-state index contributed by atoms with van der Waals surface area (Å²) in [7, 11) is 0. The molecule has 0 spiro atoms. The second-order valence-corrected chi connectivity index (χ2v) is 6.06. The molecule has 3 rings (SSSR count). The smallest absolute Gasteiger partial charge is 0.255 e. The van der Waals surface area contributed by atoms with Crippen molar-refractivity contribution in [2.24, 2.45) is 0 Å². The van der Waals surface area contributed by atoms with Crippen molar-refractivity contribution in [1.82, 2.24) is 10.2 Å². The van der Waals surface area contributed by atoms with E-state index in [2.05, 4.69) is 5.32 Å². The Labute approximate surface area is 130 Å². The van der Waals surface area contributed by atoms with E-state index in [1.165, 1.54) is 11.3 Å². The van der Waals surface area contributed by atoms with E-state index >= 15 is 0 Å². The van der Waals surface area contributed by atoms with Crippen molar-refractivity contribution in [1.29, 1.82) is 0 Å². The predicted molar refractivity (Wildman–Crippen MR) is 82.3 cm³/mol. The first-order valence-corrected chi connectivity index (χ1v) is 8.03. The molecule has 1 aliphatic carbocycles. The summed E-state index contributed by atoms with van der Waals surface area (Å²) < 4.78 is 0. The Morgan fingerprint density at radius 2 is 1.95 bits per heavy atom. The molecule has 5 heteroatoms. The van der Waals surface area contributed by atoms with Gasteiger partial charge in [-0.25, -0.2) is 0 Å². The number of amides is 2. The number of fused-ring (bicyclic) bond motifs is 1. The Bertz CT molecular complexity index is 567. The van der Waals surface area contributed by atoms with Crippen LogP contribution in [0.5, 0.6) is 0 Å². The van der Waals surface area contributed by atoms with Crippen molar-refractivity contribution >= 4 is 11.8 Å². The van der Waals surface area contributed by atoms with Crippen LogP contribution in [-0.4, -0.2) is 41.0 Å². The lowest BCUT2D eigenvalue weighted by atomic mass is 9.95. The van der Waals surface area contributed by atoms with Crippen LogP contribution in [0, 0.1) is 0 Å². The number of benzene rings is 1. The van der Waals surface area contributed by atoms with E-state index < -0.39 is 6.04 Å². The highest BCUT2D eigenvalue weighted by Crippen LogP contribution is 2.33. The van der Waals surface area contributed by atoms with Gasteiger partial charge in [-0.15, -0.1) is 0 Å². The highest BCUT2D eigenvalue weighted by molar-refractivity contribution is 6.04. The number of hydrogen-bond acceptors (Lipinski definition) is 3. The van der Waals surface area contributed by atoms with Gasteiger partial charge < -0.3 is 15.3 Å². The minimum absolute atomic E-state index is 0.126. The summed E-state index contributed by atoms with van der Waals surface area (Å²) in [5.74, 6) is -0.299. The third kappa shape index (κ3) is 2.73. The predicted octanol–water partition coefficient (Wildman–Crippen LogP) is 1.62. The molecule has 1 aliphatic heterocycles. The summed E-state index contributed by atoms with van der Waals surface area (Å²) in [5, 5.41) is 12.3. The molecule has 0 aromatic heterocycles. The average molecular weight is 302 g/mol. The lowest BCUT2D eigenvalue weighted by molar-refractivity contribution is -0.126. The number of β-amino-alcohol motifs (C(OH)–C–C–N with tert-alkyl or cyclic N) is 1. The summed E-state index contributed by atoms with van der Waals surface area (Å²) in [6.45, 7) is 0.0310. The molecule has 5 nitrogen and oxygen atoms in total. The summed E-state index contributed by atoms with van der Waals surface area (Å²) >= 11 is 0. The largest absolute Gasteiger partial charge is 0.395 e. The molecule has 1 heterocycles. The third-order valence-corrected chi connectivity index (χ3v) is 4.60. The first kappa shape index (κ1) is 15.0. The van der Waals surface area contributed by atoms with Crippen molar-refractivity contribution in [3.63, 3.8) is 0 Å². The van der Waals surface area contributed by atoms with Gasteiger partial charge in [0.2, 0.25) is 5.91 Å².